The molecule has 0 fully saturated rings. The van der Waals surface area contributed by atoms with Crippen LogP contribution < -0.4 is 30.4 Å². The van der Waals surface area contributed by atoms with Crippen LogP contribution in [0.25, 0.3) is 49.2 Å². The third kappa shape index (κ3) is 5.37. The largest absolute Gasteiger partial charge is 0.505 e. The summed E-state index contributed by atoms with van der Waals surface area (Å²) in [6.07, 6.45) is 1.90. The second-order valence-electron chi connectivity index (χ2n) is 12.0. The van der Waals surface area contributed by atoms with Crippen LogP contribution in [0.1, 0.15) is 30.9 Å². The fourth-order valence-electron chi connectivity index (χ4n) is 7.42. The number of nitrogens with one attached hydrogen (secondary N) is 1. The standard InChI is InChI=1S/C37H40N2O11/c1-17-14-19-25-30-26(35(44)34(19)39-7-11-50-13-9-41)20(42)15-22(46-3)28(30)29-23(47-4)16-21(43)27-32(29)31(25)33(37(48-5)36(27)45)24(17)18(2)38-6-10-49-12-8-40/h14-16,24,39-41,44-45H,6-13H2,1-5H3. The first-order chi connectivity index (χ1) is 24.2. The van der Waals surface area contributed by atoms with Crippen molar-refractivity contribution in [3.63, 3.8) is 0 Å². The molecule has 1 aliphatic rings. The first-order valence-electron chi connectivity index (χ1n) is 16.2. The Labute approximate surface area is 286 Å². The highest BCUT2D eigenvalue weighted by molar-refractivity contribution is 6.40. The Balaban J connectivity index is 1.88. The number of benzene rings is 5. The number of aliphatic hydroxyl groups excluding tert-OH is 2. The van der Waals surface area contributed by atoms with Gasteiger partial charge in [-0.05, 0) is 19.2 Å². The van der Waals surface area contributed by atoms with E-state index in [4.69, 9.17) is 33.8 Å². The lowest BCUT2D eigenvalue weighted by molar-refractivity contribution is 0.0978. The molecule has 5 aromatic carbocycles. The number of aromatic hydroxyl groups is 2. The average Bonchev–Trinajstić information content (AvgIpc) is 3.23. The molecule has 0 saturated carbocycles. The Morgan fingerprint density at radius 3 is 1.92 bits per heavy atom. The van der Waals surface area contributed by atoms with Gasteiger partial charge in [-0.25, -0.2) is 0 Å². The zero-order valence-electron chi connectivity index (χ0n) is 28.6. The highest BCUT2D eigenvalue weighted by Crippen LogP contribution is 2.58. The lowest BCUT2D eigenvalue weighted by Gasteiger charge is -2.26. The van der Waals surface area contributed by atoms with E-state index in [1.807, 2.05) is 19.9 Å². The summed E-state index contributed by atoms with van der Waals surface area (Å²) < 4.78 is 28.4. The van der Waals surface area contributed by atoms with Gasteiger partial charge in [0.15, 0.2) is 28.1 Å². The molecule has 0 aliphatic heterocycles. The molecule has 50 heavy (non-hydrogen) atoms. The van der Waals surface area contributed by atoms with E-state index in [-0.39, 0.29) is 97.9 Å². The van der Waals surface area contributed by atoms with Gasteiger partial charge in [0, 0.05) is 68.4 Å². The lowest BCUT2D eigenvalue weighted by atomic mass is 9.80. The number of phenols is 2. The van der Waals surface area contributed by atoms with Crippen molar-refractivity contribution in [1.29, 1.82) is 0 Å². The molecule has 0 amide bonds. The Morgan fingerprint density at radius 1 is 0.760 bits per heavy atom. The maximum absolute atomic E-state index is 13.9. The van der Waals surface area contributed by atoms with Gasteiger partial charge in [-0.2, -0.15) is 0 Å². The molecular formula is C37H40N2O11. The highest BCUT2D eigenvalue weighted by atomic mass is 16.5. The quantitative estimate of drug-likeness (QED) is 0.0354. The van der Waals surface area contributed by atoms with Crippen LogP contribution in [0.2, 0.25) is 0 Å². The van der Waals surface area contributed by atoms with E-state index in [9.17, 15) is 24.9 Å². The third-order valence-corrected chi connectivity index (χ3v) is 9.28. The van der Waals surface area contributed by atoms with Crippen LogP contribution in [0.5, 0.6) is 28.7 Å². The molecule has 0 aromatic heterocycles. The summed E-state index contributed by atoms with van der Waals surface area (Å²) >= 11 is 0. The number of aliphatic hydroxyl groups is 2. The van der Waals surface area contributed by atoms with E-state index in [0.29, 0.717) is 49.2 Å². The first kappa shape index (κ1) is 34.9. The molecule has 0 spiro atoms. The van der Waals surface area contributed by atoms with Gasteiger partial charge in [0.05, 0.1) is 84.0 Å². The molecule has 0 bridgehead atoms. The molecule has 1 atom stereocenters. The van der Waals surface area contributed by atoms with Gasteiger partial charge in [-0.15, -0.1) is 0 Å². The number of nitrogens with zero attached hydrogens (tertiary/aromatic N) is 1. The zero-order chi connectivity index (χ0) is 35.9. The fraction of sp³-hybridized carbons (Fsp3) is 0.378. The molecule has 13 nitrogen and oxygen atoms in total. The summed E-state index contributed by atoms with van der Waals surface area (Å²) in [5.74, 6) is -0.780. The lowest BCUT2D eigenvalue weighted by Crippen LogP contribution is -2.15. The monoisotopic (exact) mass is 688 g/mol. The minimum absolute atomic E-state index is 0.000288. The summed E-state index contributed by atoms with van der Waals surface area (Å²) in [6, 6.07) is 2.57. The predicted octanol–water partition coefficient (Wildman–Crippen LogP) is 3.72. The average molecular weight is 689 g/mol. The Bertz CT molecular complexity index is 2280. The second kappa shape index (κ2) is 14.1. The van der Waals surface area contributed by atoms with Crippen LogP contribution in [0, 0.1) is 0 Å². The molecule has 0 radical (unpaired) electrons. The molecule has 1 aliphatic carbocycles. The molecule has 0 heterocycles. The molecule has 5 N–H and O–H groups in total. The van der Waals surface area contributed by atoms with E-state index in [2.05, 4.69) is 5.32 Å². The van der Waals surface area contributed by atoms with Crippen molar-refractivity contribution in [1.82, 2.24) is 0 Å². The predicted molar refractivity (Wildman–Crippen MR) is 193 cm³/mol. The second-order valence-corrected chi connectivity index (χ2v) is 12.0. The minimum atomic E-state index is -0.605. The summed E-state index contributed by atoms with van der Waals surface area (Å²) in [7, 11) is 4.27. The Kier molecular flexibility index (Phi) is 9.85. The van der Waals surface area contributed by atoms with Crippen LogP contribution in [0.3, 0.4) is 0 Å². The number of hydrogen-bond donors (Lipinski definition) is 5. The van der Waals surface area contributed by atoms with Crippen LogP contribution in [-0.2, 0) is 9.47 Å². The van der Waals surface area contributed by atoms with Crippen LogP contribution in [0.15, 0.2) is 32.3 Å². The van der Waals surface area contributed by atoms with Gasteiger partial charge in [-0.3, -0.25) is 14.6 Å². The number of rotatable bonds is 15. The normalized spacial score (nSPS) is 14.7. The topological polar surface area (TPSA) is 186 Å². The van der Waals surface area contributed by atoms with E-state index >= 15 is 0 Å². The van der Waals surface area contributed by atoms with Crippen molar-refractivity contribution in [2.24, 2.45) is 4.99 Å². The third-order valence-electron chi connectivity index (χ3n) is 9.28. The number of aliphatic imine (C=N–C) groups is 1. The molecular weight excluding hydrogens is 648 g/mol. The summed E-state index contributed by atoms with van der Waals surface area (Å²) in [6.45, 7) is 4.77. The molecule has 13 heteroatoms. The van der Waals surface area contributed by atoms with Crippen molar-refractivity contribution in [2.45, 2.75) is 19.8 Å². The summed E-state index contributed by atoms with van der Waals surface area (Å²) in [5.41, 5.74) is 1.72. The smallest absolute Gasteiger partial charge is 0.194 e. The zero-order valence-corrected chi connectivity index (χ0v) is 28.6. The van der Waals surface area contributed by atoms with Gasteiger partial charge in [0.25, 0.3) is 0 Å². The Hall–Kier alpha value is -4.95. The maximum atomic E-state index is 13.9. The molecule has 1 unspecified atom stereocenters. The van der Waals surface area contributed by atoms with Crippen LogP contribution in [-0.4, -0.2) is 100 Å². The van der Waals surface area contributed by atoms with Gasteiger partial charge >= 0.3 is 0 Å². The summed E-state index contributed by atoms with van der Waals surface area (Å²) in [5, 5.41) is 48.1. The van der Waals surface area contributed by atoms with Gasteiger partial charge in [0.1, 0.15) is 11.5 Å². The number of methoxy groups -OCH3 is 3. The summed E-state index contributed by atoms with van der Waals surface area (Å²) in [4.78, 5) is 32.6. The number of ether oxygens (including phenoxy) is 5. The minimum Gasteiger partial charge on any atom is -0.505 e. The number of allylic oxidation sites excluding steroid dienone is 1. The number of anilines is 1. The number of fused-ring (bicyclic) bond motifs is 1. The highest BCUT2D eigenvalue weighted by Gasteiger charge is 2.36. The maximum Gasteiger partial charge on any atom is 0.194 e. The van der Waals surface area contributed by atoms with E-state index in [0.717, 1.165) is 5.57 Å². The van der Waals surface area contributed by atoms with Gasteiger partial charge in [0.2, 0.25) is 0 Å². The molecule has 6 rings (SSSR count). The van der Waals surface area contributed by atoms with Crippen molar-refractivity contribution < 1.29 is 44.1 Å². The number of phenolic OH excluding ortho intramolecular Hbond substituents is 2. The van der Waals surface area contributed by atoms with Gasteiger partial charge in [-0.1, -0.05) is 11.6 Å². The van der Waals surface area contributed by atoms with Crippen molar-refractivity contribution in [3.8, 4) is 28.7 Å². The van der Waals surface area contributed by atoms with E-state index in [1.165, 1.54) is 33.5 Å². The van der Waals surface area contributed by atoms with Crippen molar-refractivity contribution >= 4 is 60.6 Å². The first-order valence-corrected chi connectivity index (χ1v) is 16.2. The molecule has 264 valence electrons. The van der Waals surface area contributed by atoms with Crippen molar-refractivity contribution in [3.05, 3.63) is 49.3 Å². The van der Waals surface area contributed by atoms with E-state index in [1.54, 1.807) is 0 Å². The van der Waals surface area contributed by atoms with Crippen LogP contribution >= 0.6 is 0 Å². The van der Waals surface area contributed by atoms with Crippen molar-refractivity contribution in [2.75, 3.05) is 79.4 Å². The van der Waals surface area contributed by atoms with E-state index < -0.39 is 16.8 Å². The fourth-order valence-corrected chi connectivity index (χ4v) is 7.42. The van der Waals surface area contributed by atoms with Crippen LogP contribution in [0.4, 0.5) is 5.69 Å². The molecule has 5 aromatic rings. The Morgan fingerprint density at radius 2 is 1.34 bits per heavy atom. The SMILES string of the molecule is COc1c(O)c2c(=O)cc(OC)c3c4c(OC)cc(=O)c5c(O)c(NCCOCCO)c6c(c(c1C(C(C)=NCCOCCO)C(C)=C6)c23)c54. The number of hydrogen-bond acceptors (Lipinski definition) is 13. The van der Waals surface area contributed by atoms with Gasteiger partial charge < -0.3 is 49.4 Å². The molecule has 0 saturated heterocycles.